The van der Waals surface area contributed by atoms with Gasteiger partial charge in [-0.1, -0.05) is 30.3 Å². The Labute approximate surface area is 182 Å². The molecule has 0 saturated heterocycles. The third kappa shape index (κ3) is 6.95. The first kappa shape index (κ1) is 23.6. The number of benzene rings is 2. The zero-order valence-electron chi connectivity index (χ0n) is 18.2. The molecule has 2 aromatic carbocycles. The van der Waals surface area contributed by atoms with Gasteiger partial charge in [0.15, 0.2) is 0 Å². The number of hydrogen-bond donors (Lipinski definition) is 2. The fourth-order valence-corrected chi connectivity index (χ4v) is 3.03. The zero-order chi connectivity index (χ0) is 22.8. The number of nitrogens with one attached hydrogen (secondary N) is 2. The molecule has 0 bridgehead atoms. The molecule has 3 aromatic rings. The molecule has 0 aliphatic heterocycles. The monoisotopic (exact) mass is 417 g/mol. The van der Waals surface area contributed by atoms with Crippen LogP contribution in [0.5, 0.6) is 5.75 Å². The van der Waals surface area contributed by atoms with Gasteiger partial charge in [0.2, 0.25) is 0 Å². The summed E-state index contributed by atoms with van der Waals surface area (Å²) in [6.45, 7) is 6.39. The molecule has 31 heavy (non-hydrogen) atoms. The summed E-state index contributed by atoms with van der Waals surface area (Å²) in [5.41, 5.74) is 4.99. The average Bonchev–Trinajstić information content (AvgIpc) is 2.77. The van der Waals surface area contributed by atoms with Gasteiger partial charge in [0.1, 0.15) is 18.1 Å². The highest BCUT2D eigenvalue weighted by Gasteiger charge is 2.07. The minimum atomic E-state index is -0.144. The van der Waals surface area contributed by atoms with E-state index >= 15 is 0 Å². The predicted octanol–water partition coefficient (Wildman–Crippen LogP) is 4.22. The standard InChI is InChI=1S/C16H13NO2.C9H14N2O/c1-12(15-7-5-13(11-18)6-8-15)19-16-4-2-3-14(9-16)10-17;1-6-4-7(2)11-9(12)8(6)5-10-3/h2-9,11-12H,1H3;4,10H,5H2,1-3H3,(H,11,12). The van der Waals surface area contributed by atoms with Crippen molar-refractivity contribution in [1.29, 1.82) is 5.26 Å². The number of nitriles is 1. The molecular formula is C25H27N3O3. The van der Waals surface area contributed by atoms with Crippen molar-refractivity contribution < 1.29 is 9.53 Å². The van der Waals surface area contributed by atoms with Crippen LogP contribution in [0.3, 0.4) is 0 Å². The highest BCUT2D eigenvalue weighted by molar-refractivity contribution is 5.74. The van der Waals surface area contributed by atoms with Crippen molar-refractivity contribution >= 4 is 6.29 Å². The number of nitrogens with zero attached hydrogens (tertiary/aromatic N) is 1. The second-order valence-electron chi connectivity index (χ2n) is 7.16. The van der Waals surface area contributed by atoms with Crippen molar-refractivity contribution in [2.75, 3.05) is 7.05 Å². The highest BCUT2D eigenvalue weighted by atomic mass is 16.5. The number of rotatable bonds is 6. The van der Waals surface area contributed by atoms with Crippen LogP contribution in [0.15, 0.2) is 59.4 Å². The van der Waals surface area contributed by atoms with Crippen LogP contribution >= 0.6 is 0 Å². The van der Waals surface area contributed by atoms with Crippen molar-refractivity contribution in [3.05, 3.63) is 98.5 Å². The van der Waals surface area contributed by atoms with Gasteiger partial charge in [-0.2, -0.15) is 5.26 Å². The van der Waals surface area contributed by atoms with Gasteiger partial charge in [0, 0.05) is 23.4 Å². The molecule has 160 valence electrons. The second-order valence-corrected chi connectivity index (χ2v) is 7.16. The van der Waals surface area contributed by atoms with E-state index in [0.717, 1.165) is 28.7 Å². The van der Waals surface area contributed by atoms with Crippen molar-refractivity contribution in [3.8, 4) is 11.8 Å². The van der Waals surface area contributed by atoms with Gasteiger partial charge in [0.25, 0.3) is 5.56 Å². The molecule has 0 fully saturated rings. The number of carbonyl (C=O) groups is 1. The fraction of sp³-hybridized carbons (Fsp3) is 0.240. The maximum atomic E-state index is 11.4. The number of ether oxygens (including phenoxy) is 1. The van der Waals surface area contributed by atoms with Gasteiger partial charge in [-0.05, 0) is 63.2 Å². The number of hydrogen-bond acceptors (Lipinski definition) is 5. The lowest BCUT2D eigenvalue weighted by Gasteiger charge is -2.15. The molecule has 0 spiro atoms. The largest absolute Gasteiger partial charge is 0.486 e. The van der Waals surface area contributed by atoms with Crippen molar-refractivity contribution in [2.45, 2.75) is 33.4 Å². The molecule has 1 unspecified atom stereocenters. The van der Waals surface area contributed by atoms with Gasteiger partial charge in [-0.15, -0.1) is 0 Å². The summed E-state index contributed by atoms with van der Waals surface area (Å²) >= 11 is 0. The van der Waals surface area contributed by atoms with Crippen molar-refractivity contribution in [2.24, 2.45) is 0 Å². The van der Waals surface area contributed by atoms with Crippen LogP contribution in [-0.4, -0.2) is 18.3 Å². The molecule has 1 heterocycles. The summed E-state index contributed by atoms with van der Waals surface area (Å²) in [6, 6.07) is 18.3. The summed E-state index contributed by atoms with van der Waals surface area (Å²) < 4.78 is 5.78. The van der Waals surface area contributed by atoms with E-state index in [1.807, 2.05) is 52.1 Å². The number of aldehydes is 1. The van der Waals surface area contributed by atoms with Crippen molar-refractivity contribution in [1.82, 2.24) is 10.3 Å². The van der Waals surface area contributed by atoms with E-state index in [4.69, 9.17) is 10.00 Å². The Morgan fingerprint density at radius 3 is 2.45 bits per heavy atom. The van der Waals surface area contributed by atoms with E-state index in [1.165, 1.54) is 0 Å². The Morgan fingerprint density at radius 2 is 1.87 bits per heavy atom. The molecule has 6 heteroatoms. The molecule has 0 radical (unpaired) electrons. The quantitative estimate of drug-likeness (QED) is 0.586. The maximum Gasteiger partial charge on any atom is 0.252 e. The molecule has 1 atom stereocenters. The van der Waals surface area contributed by atoms with Crippen LogP contribution in [0, 0.1) is 25.2 Å². The number of aromatic amines is 1. The molecule has 1 aromatic heterocycles. The summed E-state index contributed by atoms with van der Waals surface area (Å²) in [5.74, 6) is 0.658. The summed E-state index contributed by atoms with van der Waals surface area (Å²) in [7, 11) is 1.83. The van der Waals surface area contributed by atoms with Crippen LogP contribution in [0.1, 0.15) is 51.3 Å². The van der Waals surface area contributed by atoms with Crippen LogP contribution in [0.2, 0.25) is 0 Å². The van der Waals surface area contributed by atoms with E-state index in [2.05, 4.69) is 16.4 Å². The van der Waals surface area contributed by atoms with Gasteiger partial charge >= 0.3 is 0 Å². The molecule has 6 nitrogen and oxygen atoms in total. The van der Waals surface area contributed by atoms with Gasteiger partial charge < -0.3 is 15.0 Å². The lowest BCUT2D eigenvalue weighted by molar-refractivity contribution is 0.112. The normalized spacial score (nSPS) is 10.9. The molecule has 0 amide bonds. The van der Waals surface area contributed by atoms with Gasteiger partial charge in [0.05, 0.1) is 11.6 Å². The van der Waals surface area contributed by atoms with Crippen LogP contribution < -0.4 is 15.6 Å². The lowest BCUT2D eigenvalue weighted by Crippen LogP contribution is -2.20. The van der Waals surface area contributed by atoms with E-state index in [1.54, 1.807) is 30.3 Å². The predicted molar refractivity (Wildman–Crippen MR) is 121 cm³/mol. The lowest BCUT2D eigenvalue weighted by atomic mass is 10.1. The number of carbonyl (C=O) groups excluding carboxylic acids is 1. The molecular weight excluding hydrogens is 390 g/mol. The first-order valence-corrected chi connectivity index (χ1v) is 9.94. The molecule has 2 N–H and O–H groups in total. The van der Waals surface area contributed by atoms with Crippen LogP contribution in [-0.2, 0) is 6.54 Å². The summed E-state index contributed by atoms with van der Waals surface area (Å²) in [5, 5.41) is 11.8. The van der Waals surface area contributed by atoms with E-state index in [0.29, 0.717) is 23.4 Å². The second kappa shape index (κ2) is 11.5. The zero-order valence-corrected chi connectivity index (χ0v) is 18.2. The molecule has 0 aliphatic rings. The van der Waals surface area contributed by atoms with Crippen molar-refractivity contribution in [3.63, 3.8) is 0 Å². The van der Waals surface area contributed by atoms with E-state index in [9.17, 15) is 9.59 Å². The first-order chi connectivity index (χ1) is 14.9. The molecule has 0 saturated carbocycles. The van der Waals surface area contributed by atoms with E-state index < -0.39 is 0 Å². The Kier molecular flexibility index (Phi) is 8.74. The number of pyridine rings is 1. The average molecular weight is 418 g/mol. The van der Waals surface area contributed by atoms with Gasteiger partial charge in [-0.25, -0.2) is 0 Å². The minimum Gasteiger partial charge on any atom is -0.486 e. The third-order valence-corrected chi connectivity index (χ3v) is 4.67. The molecule has 0 aliphatic carbocycles. The summed E-state index contributed by atoms with van der Waals surface area (Å²) in [4.78, 5) is 24.7. The smallest absolute Gasteiger partial charge is 0.252 e. The van der Waals surface area contributed by atoms with E-state index in [-0.39, 0.29) is 11.7 Å². The Bertz CT molecular complexity index is 1110. The van der Waals surface area contributed by atoms with Crippen LogP contribution in [0.4, 0.5) is 0 Å². The maximum absolute atomic E-state index is 11.4. The first-order valence-electron chi connectivity index (χ1n) is 9.94. The number of aryl methyl sites for hydroxylation is 2. The molecule has 3 rings (SSSR count). The van der Waals surface area contributed by atoms with Gasteiger partial charge in [-0.3, -0.25) is 9.59 Å². The Hall–Kier alpha value is -3.69. The Morgan fingerprint density at radius 1 is 1.16 bits per heavy atom. The third-order valence-electron chi connectivity index (χ3n) is 4.67. The Balaban J connectivity index is 0.000000245. The topological polar surface area (TPSA) is 95.0 Å². The number of aromatic nitrogens is 1. The minimum absolute atomic E-state index is 0.0156. The fourth-order valence-electron chi connectivity index (χ4n) is 3.03. The number of H-pyrrole nitrogens is 1. The SMILES string of the molecule is CC(Oc1cccc(C#N)c1)c1ccc(C=O)cc1.CNCc1c(C)cc(C)[nH]c1=O. The van der Waals surface area contributed by atoms with Crippen LogP contribution in [0.25, 0.3) is 0 Å². The highest BCUT2D eigenvalue weighted by Crippen LogP contribution is 2.22. The summed E-state index contributed by atoms with van der Waals surface area (Å²) in [6.07, 6.45) is 0.667.